The minimum absolute atomic E-state index is 0.735. The number of hydrogen-bond acceptors (Lipinski definition) is 3. The number of rotatable bonds is 18. The molecular weight excluding hydrogens is 288 g/mol. The monoisotopic (exact) mass is 330 g/mol. The SMILES string of the molecule is CCCCCOC(CCCC)(OCCCCC)OCCCCC. The van der Waals surface area contributed by atoms with Gasteiger partial charge in [0.15, 0.2) is 0 Å². The third kappa shape index (κ3) is 12.9. The Labute approximate surface area is 145 Å². The fourth-order valence-corrected chi connectivity index (χ4v) is 2.47. The average Bonchev–Trinajstić information content (AvgIpc) is 2.57. The molecule has 0 aromatic carbocycles. The van der Waals surface area contributed by atoms with E-state index in [0.717, 1.165) is 58.3 Å². The fourth-order valence-electron chi connectivity index (χ4n) is 2.47. The molecule has 0 atom stereocenters. The second kappa shape index (κ2) is 16.7. The highest BCUT2D eigenvalue weighted by atomic mass is 16.9. The maximum Gasteiger partial charge on any atom is 0.282 e. The summed E-state index contributed by atoms with van der Waals surface area (Å²) in [6.07, 6.45) is 13.5. The smallest absolute Gasteiger partial charge is 0.282 e. The van der Waals surface area contributed by atoms with Gasteiger partial charge in [-0.05, 0) is 25.7 Å². The minimum Gasteiger partial charge on any atom is -0.327 e. The van der Waals surface area contributed by atoms with Crippen molar-refractivity contribution in [3.8, 4) is 0 Å². The molecule has 0 amide bonds. The molecule has 0 aromatic rings. The Balaban J connectivity index is 4.51. The van der Waals surface area contributed by atoms with E-state index in [9.17, 15) is 0 Å². The first-order chi connectivity index (χ1) is 11.2. The highest BCUT2D eigenvalue weighted by Gasteiger charge is 2.32. The van der Waals surface area contributed by atoms with Gasteiger partial charge in [0.05, 0.1) is 19.8 Å². The van der Waals surface area contributed by atoms with Crippen LogP contribution >= 0.6 is 0 Å². The second-order valence-electron chi connectivity index (χ2n) is 6.45. The van der Waals surface area contributed by atoms with Crippen LogP contribution in [0.5, 0.6) is 0 Å². The van der Waals surface area contributed by atoms with E-state index in [1.165, 1.54) is 38.5 Å². The summed E-state index contributed by atoms with van der Waals surface area (Å²) in [7, 11) is 0. The van der Waals surface area contributed by atoms with Crippen LogP contribution in [0, 0.1) is 0 Å². The molecule has 23 heavy (non-hydrogen) atoms. The van der Waals surface area contributed by atoms with Crippen LogP contribution in [0.2, 0.25) is 0 Å². The summed E-state index contributed by atoms with van der Waals surface area (Å²) < 4.78 is 18.4. The molecule has 0 heterocycles. The van der Waals surface area contributed by atoms with Crippen molar-refractivity contribution >= 4 is 0 Å². The minimum atomic E-state index is -0.800. The number of unbranched alkanes of at least 4 members (excludes halogenated alkanes) is 7. The van der Waals surface area contributed by atoms with Crippen LogP contribution in [-0.2, 0) is 14.2 Å². The topological polar surface area (TPSA) is 27.7 Å². The van der Waals surface area contributed by atoms with Crippen molar-refractivity contribution in [2.24, 2.45) is 0 Å². The molecule has 0 aliphatic rings. The van der Waals surface area contributed by atoms with Crippen molar-refractivity contribution in [1.82, 2.24) is 0 Å². The molecule has 0 saturated carbocycles. The van der Waals surface area contributed by atoms with Crippen molar-refractivity contribution in [2.45, 2.75) is 111 Å². The van der Waals surface area contributed by atoms with E-state index in [2.05, 4.69) is 27.7 Å². The largest absolute Gasteiger partial charge is 0.327 e. The van der Waals surface area contributed by atoms with Crippen LogP contribution in [-0.4, -0.2) is 25.8 Å². The van der Waals surface area contributed by atoms with Crippen LogP contribution in [0.25, 0.3) is 0 Å². The lowest BCUT2D eigenvalue weighted by atomic mass is 10.2. The van der Waals surface area contributed by atoms with Crippen LogP contribution in [0.4, 0.5) is 0 Å². The van der Waals surface area contributed by atoms with E-state index in [0.29, 0.717) is 0 Å². The molecule has 0 aromatic heterocycles. The third-order valence-corrected chi connectivity index (χ3v) is 4.05. The molecule has 0 unspecified atom stereocenters. The van der Waals surface area contributed by atoms with Crippen LogP contribution < -0.4 is 0 Å². The molecule has 0 N–H and O–H groups in total. The molecular formula is C20H42O3. The summed E-state index contributed by atoms with van der Waals surface area (Å²) in [5.74, 6) is -0.800. The summed E-state index contributed by atoms with van der Waals surface area (Å²) in [4.78, 5) is 0. The molecule has 0 aliphatic carbocycles. The Morgan fingerprint density at radius 3 is 1.13 bits per heavy atom. The van der Waals surface area contributed by atoms with Gasteiger partial charge in [0.2, 0.25) is 0 Å². The van der Waals surface area contributed by atoms with Crippen LogP contribution in [0.1, 0.15) is 105 Å². The van der Waals surface area contributed by atoms with Gasteiger partial charge >= 0.3 is 0 Å². The number of hydrogen-bond donors (Lipinski definition) is 0. The van der Waals surface area contributed by atoms with E-state index in [1.807, 2.05) is 0 Å². The summed E-state index contributed by atoms with van der Waals surface area (Å²) in [6.45, 7) is 11.1. The van der Waals surface area contributed by atoms with Crippen molar-refractivity contribution in [1.29, 1.82) is 0 Å². The Hall–Kier alpha value is -0.120. The zero-order chi connectivity index (χ0) is 17.2. The van der Waals surface area contributed by atoms with Gasteiger partial charge in [-0.15, -0.1) is 0 Å². The van der Waals surface area contributed by atoms with Crippen molar-refractivity contribution in [3.63, 3.8) is 0 Å². The van der Waals surface area contributed by atoms with Gasteiger partial charge in [-0.25, -0.2) is 0 Å². The molecule has 3 nitrogen and oxygen atoms in total. The summed E-state index contributed by atoms with van der Waals surface area (Å²) in [5.41, 5.74) is 0. The normalized spacial score (nSPS) is 12.0. The lowest BCUT2D eigenvalue weighted by molar-refractivity contribution is -0.384. The molecule has 0 aliphatic heterocycles. The first-order valence-electron chi connectivity index (χ1n) is 10.2. The molecule has 0 bridgehead atoms. The molecule has 0 fully saturated rings. The van der Waals surface area contributed by atoms with E-state index in [4.69, 9.17) is 14.2 Å². The van der Waals surface area contributed by atoms with Gasteiger partial charge in [0, 0.05) is 6.42 Å². The van der Waals surface area contributed by atoms with E-state index in [1.54, 1.807) is 0 Å². The van der Waals surface area contributed by atoms with Gasteiger partial charge in [0.25, 0.3) is 5.97 Å². The number of ether oxygens (including phenoxy) is 3. The maximum absolute atomic E-state index is 6.15. The predicted molar refractivity (Wildman–Crippen MR) is 98.7 cm³/mol. The second-order valence-corrected chi connectivity index (χ2v) is 6.45. The Kier molecular flexibility index (Phi) is 16.6. The lowest BCUT2D eigenvalue weighted by Gasteiger charge is -2.33. The first-order valence-corrected chi connectivity index (χ1v) is 10.2. The average molecular weight is 331 g/mol. The molecule has 0 radical (unpaired) electrons. The standard InChI is InChI=1S/C20H42O3/c1-5-9-13-17-21-20(16-12-8-4,22-18-14-10-6-2)23-19-15-11-7-3/h5-19H2,1-4H3. The summed E-state index contributed by atoms with van der Waals surface area (Å²) in [6, 6.07) is 0. The van der Waals surface area contributed by atoms with Crippen LogP contribution in [0.15, 0.2) is 0 Å². The van der Waals surface area contributed by atoms with E-state index < -0.39 is 5.97 Å². The van der Waals surface area contributed by atoms with Crippen LogP contribution in [0.3, 0.4) is 0 Å². The molecule has 0 rings (SSSR count). The Morgan fingerprint density at radius 1 is 0.478 bits per heavy atom. The van der Waals surface area contributed by atoms with Gasteiger partial charge in [-0.2, -0.15) is 0 Å². The molecule has 3 heteroatoms. The molecule has 0 saturated heterocycles. The maximum atomic E-state index is 6.15. The molecule has 0 spiro atoms. The predicted octanol–water partition coefficient (Wildman–Crippen LogP) is 6.45. The zero-order valence-electron chi connectivity index (χ0n) is 16.3. The highest BCUT2D eigenvalue weighted by Crippen LogP contribution is 2.25. The van der Waals surface area contributed by atoms with Crippen molar-refractivity contribution in [2.75, 3.05) is 19.8 Å². The van der Waals surface area contributed by atoms with E-state index in [-0.39, 0.29) is 0 Å². The fraction of sp³-hybridized carbons (Fsp3) is 1.00. The Morgan fingerprint density at radius 2 is 0.826 bits per heavy atom. The summed E-state index contributed by atoms with van der Waals surface area (Å²) >= 11 is 0. The van der Waals surface area contributed by atoms with Gasteiger partial charge < -0.3 is 14.2 Å². The first kappa shape index (κ1) is 22.9. The van der Waals surface area contributed by atoms with Crippen molar-refractivity contribution in [3.05, 3.63) is 0 Å². The highest BCUT2D eigenvalue weighted by molar-refractivity contribution is 4.60. The van der Waals surface area contributed by atoms with Gasteiger partial charge in [-0.1, -0.05) is 72.6 Å². The zero-order valence-corrected chi connectivity index (χ0v) is 16.3. The third-order valence-electron chi connectivity index (χ3n) is 4.05. The lowest BCUT2D eigenvalue weighted by Crippen LogP contribution is -2.40. The quantitative estimate of drug-likeness (QED) is 0.213. The van der Waals surface area contributed by atoms with Gasteiger partial charge in [0.1, 0.15) is 0 Å². The van der Waals surface area contributed by atoms with Crippen molar-refractivity contribution < 1.29 is 14.2 Å². The Bertz CT molecular complexity index is 200. The van der Waals surface area contributed by atoms with Gasteiger partial charge in [-0.3, -0.25) is 0 Å². The summed E-state index contributed by atoms with van der Waals surface area (Å²) in [5, 5.41) is 0. The van der Waals surface area contributed by atoms with E-state index >= 15 is 0 Å². The molecule has 140 valence electrons.